The van der Waals surface area contributed by atoms with Crippen molar-refractivity contribution in [3.8, 4) is 0 Å². The van der Waals surface area contributed by atoms with Gasteiger partial charge < -0.3 is 10.4 Å². The van der Waals surface area contributed by atoms with E-state index in [1.165, 1.54) is 11.3 Å². The molecule has 0 spiro atoms. The summed E-state index contributed by atoms with van der Waals surface area (Å²) in [6, 6.07) is 0. The van der Waals surface area contributed by atoms with Crippen LogP contribution in [0.15, 0.2) is 5.38 Å². The summed E-state index contributed by atoms with van der Waals surface area (Å²) in [5.41, 5.74) is -0.314. The maximum absolute atomic E-state index is 11.2. The van der Waals surface area contributed by atoms with Gasteiger partial charge in [0, 0.05) is 10.9 Å². The van der Waals surface area contributed by atoms with Gasteiger partial charge >= 0.3 is 5.97 Å². The number of thiazole rings is 1. The third kappa shape index (κ3) is 3.02. The number of aliphatic carboxylic acids is 1. The molecule has 0 radical (unpaired) electrons. The number of rotatable bonds is 6. The number of carboxylic acid groups (broad SMARTS) is 1. The topological polar surface area (TPSA) is 62.2 Å². The van der Waals surface area contributed by atoms with E-state index in [0.29, 0.717) is 5.69 Å². The maximum atomic E-state index is 11.2. The predicted molar refractivity (Wildman–Crippen MR) is 75.4 cm³/mol. The van der Waals surface area contributed by atoms with Gasteiger partial charge in [-0.05, 0) is 33.6 Å². The first kappa shape index (κ1) is 15.0. The number of aromatic nitrogens is 1. The van der Waals surface area contributed by atoms with Crippen LogP contribution in [-0.4, -0.2) is 21.6 Å². The molecule has 0 aliphatic rings. The molecule has 5 heteroatoms. The molecule has 1 heterocycles. The highest BCUT2D eigenvalue weighted by Crippen LogP contribution is 2.30. The van der Waals surface area contributed by atoms with Gasteiger partial charge in [-0.1, -0.05) is 13.8 Å². The summed E-state index contributed by atoms with van der Waals surface area (Å²) in [6.45, 7) is 9.76. The largest absolute Gasteiger partial charge is 0.481 e. The lowest BCUT2D eigenvalue weighted by molar-refractivity contribution is -0.142. The molecule has 2 N–H and O–H groups in total. The molecule has 0 saturated heterocycles. The highest BCUT2D eigenvalue weighted by molar-refractivity contribution is 7.13. The lowest BCUT2D eigenvalue weighted by atomic mass is 9.90. The van der Waals surface area contributed by atoms with Gasteiger partial charge in [-0.25, -0.2) is 4.98 Å². The number of nitrogens with one attached hydrogen (secondary N) is 1. The minimum Gasteiger partial charge on any atom is -0.481 e. The van der Waals surface area contributed by atoms with Crippen LogP contribution in [0.2, 0.25) is 0 Å². The van der Waals surface area contributed by atoms with Crippen molar-refractivity contribution in [3.63, 3.8) is 0 Å². The normalized spacial score (nSPS) is 12.5. The monoisotopic (exact) mass is 270 g/mol. The molecule has 0 saturated carbocycles. The number of carbonyl (C=O) groups is 1. The van der Waals surface area contributed by atoms with Crippen LogP contribution >= 0.6 is 11.3 Å². The highest BCUT2D eigenvalue weighted by atomic mass is 32.1. The van der Waals surface area contributed by atoms with Crippen LogP contribution in [0.25, 0.3) is 0 Å². The first-order chi connectivity index (χ1) is 8.25. The number of carboxylic acids is 1. The van der Waals surface area contributed by atoms with E-state index in [-0.39, 0.29) is 5.54 Å². The lowest BCUT2D eigenvalue weighted by Crippen LogP contribution is -2.33. The van der Waals surface area contributed by atoms with E-state index in [1.54, 1.807) is 13.8 Å². The first-order valence-electron chi connectivity index (χ1n) is 6.22. The van der Waals surface area contributed by atoms with Crippen molar-refractivity contribution in [2.45, 2.75) is 58.4 Å². The highest BCUT2D eigenvalue weighted by Gasteiger charge is 2.32. The Labute approximate surface area is 112 Å². The Balaban J connectivity index is 2.91. The van der Waals surface area contributed by atoms with Crippen LogP contribution in [0.3, 0.4) is 0 Å². The summed E-state index contributed by atoms with van der Waals surface area (Å²) in [7, 11) is 0. The van der Waals surface area contributed by atoms with Gasteiger partial charge in [-0.2, -0.15) is 0 Å². The number of hydrogen-bond acceptors (Lipinski definition) is 4. The van der Waals surface area contributed by atoms with Crippen LogP contribution in [0, 0.1) is 0 Å². The first-order valence-corrected chi connectivity index (χ1v) is 7.10. The molecule has 0 aromatic carbocycles. The van der Waals surface area contributed by atoms with Crippen LogP contribution < -0.4 is 5.32 Å². The van der Waals surface area contributed by atoms with E-state index in [1.807, 2.05) is 5.38 Å². The van der Waals surface area contributed by atoms with E-state index >= 15 is 0 Å². The summed E-state index contributed by atoms with van der Waals surface area (Å²) in [4.78, 5) is 15.6. The summed E-state index contributed by atoms with van der Waals surface area (Å²) in [5.74, 6) is -0.854. The Hall–Kier alpha value is -1.10. The minimum absolute atomic E-state index is 0.0164. The molecule has 0 atom stereocenters. The zero-order valence-corrected chi connectivity index (χ0v) is 12.5. The summed E-state index contributed by atoms with van der Waals surface area (Å²) in [6.07, 6.45) is 2.00. The molecule has 0 aliphatic heterocycles. The Kier molecular flexibility index (Phi) is 4.37. The maximum Gasteiger partial charge on any atom is 0.315 e. The SMILES string of the molecule is CCC(C)(CC)Nc1nc(C(C)(C)C(=O)O)cs1. The van der Waals surface area contributed by atoms with Gasteiger partial charge in [-0.15, -0.1) is 11.3 Å². The van der Waals surface area contributed by atoms with Crippen molar-refractivity contribution in [2.24, 2.45) is 0 Å². The van der Waals surface area contributed by atoms with Crippen LogP contribution in [0.1, 0.15) is 53.2 Å². The Bertz CT molecular complexity index is 422. The van der Waals surface area contributed by atoms with E-state index in [2.05, 4.69) is 31.1 Å². The van der Waals surface area contributed by atoms with E-state index < -0.39 is 11.4 Å². The molecule has 0 aliphatic carbocycles. The molecule has 1 aromatic rings. The Morgan fingerprint density at radius 2 is 1.94 bits per heavy atom. The van der Waals surface area contributed by atoms with Crippen LogP contribution in [0.5, 0.6) is 0 Å². The average Bonchev–Trinajstić information content (AvgIpc) is 2.77. The predicted octanol–water partition coefficient (Wildman–Crippen LogP) is 3.50. The molecule has 0 amide bonds. The Morgan fingerprint density at radius 3 is 2.39 bits per heavy atom. The molecule has 1 aromatic heterocycles. The number of anilines is 1. The zero-order valence-electron chi connectivity index (χ0n) is 11.7. The fourth-order valence-corrected chi connectivity index (χ4v) is 2.44. The number of nitrogens with zero attached hydrogens (tertiary/aromatic N) is 1. The minimum atomic E-state index is -0.939. The van der Waals surface area contributed by atoms with Crippen molar-refractivity contribution in [1.82, 2.24) is 4.98 Å². The zero-order chi connectivity index (χ0) is 14.0. The van der Waals surface area contributed by atoms with Gasteiger partial charge in [0.2, 0.25) is 0 Å². The summed E-state index contributed by atoms with van der Waals surface area (Å²) in [5, 5.41) is 15.2. The van der Waals surface area contributed by atoms with Gasteiger partial charge in [0.05, 0.1) is 5.69 Å². The number of hydrogen-bond donors (Lipinski definition) is 2. The van der Waals surface area contributed by atoms with E-state index in [4.69, 9.17) is 0 Å². The molecule has 1 rings (SSSR count). The second kappa shape index (κ2) is 5.26. The van der Waals surface area contributed by atoms with Crippen LogP contribution in [-0.2, 0) is 10.2 Å². The van der Waals surface area contributed by atoms with E-state index in [9.17, 15) is 9.90 Å². The van der Waals surface area contributed by atoms with Gasteiger partial charge in [-0.3, -0.25) is 4.79 Å². The molecular formula is C13H22N2O2S. The third-order valence-corrected chi connectivity index (χ3v) is 4.41. The molecule has 102 valence electrons. The second-order valence-electron chi connectivity index (χ2n) is 5.36. The molecule has 18 heavy (non-hydrogen) atoms. The standard InChI is InChI=1S/C13H22N2O2S/c1-6-13(5,7-2)15-11-14-9(8-18-11)12(3,4)10(16)17/h8H,6-7H2,1-5H3,(H,14,15)(H,16,17). The fourth-order valence-electron chi connectivity index (χ4n) is 1.41. The average molecular weight is 270 g/mol. The lowest BCUT2D eigenvalue weighted by Gasteiger charge is -2.27. The van der Waals surface area contributed by atoms with Gasteiger partial charge in [0.15, 0.2) is 5.13 Å². The quantitative estimate of drug-likeness (QED) is 0.830. The molecule has 4 nitrogen and oxygen atoms in total. The van der Waals surface area contributed by atoms with Crippen molar-refractivity contribution < 1.29 is 9.90 Å². The van der Waals surface area contributed by atoms with Crippen molar-refractivity contribution >= 4 is 22.4 Å². The molecule has 0 bridgehead atoms. The van der Waals surface area contributed by atoms with Crippen molar-refractivity contribution in [1.29, 1.82) is 0 Å². The molecular weight excluding hydrogens is 248 g/mol. The van der Waals surface area contributed by atoms with Gasteiger partial charge in [0.25, 0.3) is 0 Å². The van der Waals surface area contributed by atoms with Crippen molar-refractivity contribution in [3.05, 3.63) is 11.1 Å². The van der Waals surface area contributed by atoms with Crippen molar-refractivity contribution in [2.75, 3.05) is 5.32 Å². The van der Waals surface area contributed by atoms with Gasteiger partial charge in [0.1, 0.15) is 5.41 Å². The smallest absolute Gasteiger partial charge is 0.315 e. The summed E-state index contributed by atoms with van der Waals surface area (Å²) >= 11 is 1.47. The molecule has 0 fully saturated rings. The molecule has 0 unspecified atom stereocenters. The second-order valence-corrected chi connectivity index (χ2v) is 6.22. The fraction of sp³-hybridized carbons (Fsp3) is 0.692. The Morgan fingerprint density at radius 1 is 1.39 bits per heavy atom. The third-order valence-electron chi connectivity index (χ3n) is 3.65. The summed E-state index contributed by atoms with van der Waals surface area (Å²) < 4.78 is 0. The van der Waals surface area contributed by atoms with Crippen LogP contribution in [0.4, 0.5) is 5.13 Å². The van der Waals surface area contributed by atoms with E-state index in [0.717, 1.165) is 18.0 Å².